The van der Waals surface area contributed by atoms with E-state index in [1.54, 1.807) is 0 Å². The molecule has 6 nitrogen and oxygen atoms in total. The molecule has 0 saturated heterocycles. The number of carbonyl (C=O) groups excluding carboxylic acids is 1. The topological polar surface area (TPSA) is 101 Å². The molecule has 1 atom stereocenters. The third-order valence-electron chi connectivity index (χ3n) is 4.38. The zero-order chi connectivity index (χ0) is 17.4. The average Bonchev–Trinajstić information content (AvgIpc) is 3.26. The number of aromatic nitrogens is 1. The summed E-state index contributed by atoms with van der Waals surface area (Å²) < 4.78 is 5.18. The normalized spacial score (nSPS) is 14.0. The highest BCUT2D eigenvalue weighted by atomic mass is 16.3. The van der Waals surface area contributed by atoms with E-state index in [4.69, 9.17) is 15.3 Å². The summed E-state index contributed by atoms with van der Waals surface area (Å²) in [5.41, 5.74) is 10.1. The first kappa shape index (κ1) is 15.6. The second kappa shape index (κ2) is 6.16. The van der Waals surface area contributed by atoms with Crippen molar-refractivity contribution < 1.29 is 14.3 Å². The first-order chi connectivity index (χ1) is 12.2. The van der Waals surface area contributed by atoms with Crippen LogP contribution in [0.15, 0.2) is 59.2 Å². The van der Waals surface area contributed by atoms with E-state index < -0.39 is 6.04 Å². The van der Waals surface area contributed by atoms with Crippen molar-refractivity contribution in [2.24, 2.45) is 5.73 Å². The predicted molar refractivity (Wildman–Crippen MR) is 91.7 cm³/mol. The SMILES string of the molecule is NC(CO)c1nc(C(=O)NC2c3ccccc3-c3ccccc32)co1. The second-order valence-electron chi connectivity index (χ2n) is 5.94. The summed E-state index contributed by atoms with van der Waals surface area (Å²) in [6.07, 6.45) is 1.26. The fourth-order valence-corrected chi connectivity index (χ4v) is 3.16. The van der Waals surface area contributed by atoms with Crippen LogP contribution in [0.3, 0.4) is 0 Å². The molecular formula is C19H17N3O3. The van der Waals surface area contributed by atoms with E-state index in [0.29, 0.717) is 0 Å². The Kier molecular flexibility index (Phi) is 3.83. The summed E-state index contributed by atoms with van der Waals surface area (Å²) in [7, 11) is 0. The number of nitrogens with one attached hydrogen (secondary N) is 1. The van der Waals surface area contributed by atoms with Crippen molar-refractivity contribution in [2.45, 2.75) is 12.1 Å². The minimum atomic E-state index is -0.741. The predicted octanol–water partition coefficient (Wildman–Crippen LogP) is 2.17. The van der Waals surface area contributed by atoms with Gasteiger partial charge < -0.3 is 20.6 Å². The molecule has 1 aromatic heterocycles. The Morgan fingerprint density at radius 1 is 1.16 bits per heavy atom. The lowest BCUT2D eigenvalue weighted by Gasteiger charge is -2.14. The quantitative estimate of drug-likeness (QED) is 0.678. The van der Waals surface area contributed by atoms with Crippen LogP contribution in [-0.2, 0) is 0 Å². The monoisotopic (exact) mass is 335 g/mol. The van der Waals surface area contributed by atoms with Gasteiger partial charge in [-0.2, -0.15) is 0 Å². The molecule has 4 N–H and O–H groups in total. The second-order valence-corrected chi connectivity index (χ2v) is 5.94. The van der Waals surface area contributed by atoms with Gasteiger partial charge in [-0.1, -0.05) is 48.5 Å². The van der Waals surface area contributed by atoms with Crippen LogP contribution in [0, 0.1) is 0 Å². The maximum atomic E-state index is 12.6. The van der Waals surface area contributed by atoms with Crippen LogP contribution in [0.2, 0.25) is 0 Å². The molecule has 1 aliphatic rings. The molecule has 2 aromatic carbocycles. The Balaban J connectivity index is 1.64. The molecular weight excluding hydrogens is 318 g/mol. The number of benzene rings is 2. The molecule has 1 amide bonds. The van der Waals surface area contributed by atoms with Gasteiger partial charge in [-0.3, -0.25) is 4.79 Å². The fourth-order valence-electron chi connectivity index (χ4n) is 3.16. The van der Waals surface area contributed by atoms with Gasteiger partial charge in [-0.15, -0.1) is 0 Å². The van der Waals surface area contributed by atoms with Crippen molar-refractivity contribution in [1.29, 1.82) is 0 Å². The number of rotatable bonds is 4. The molecule has 0 radical (unpaired) electrons. The highest BCUT2D eigenvalue weighted by Gasteiger charge is 2.30. The Morgan fingerprint density at radius 3 is 2.36 bits per heavy atom. The van der Waals surface area contributed by atoms with E-state index in [9.17, 15) is 4.79 Å². The molecule has 3 aromatic rings. The van der Waals surface area contributed by atoms with Crippen LogP contribution in [0.5, 0.6) is 0 Å². The minimum absolute atomic E-state index is 0.139. The average molecular weight is 335 g/mol. The fraction of sp³-hybridized carbons (Fsp3) is 0.158. The smallest absolute Gasteiger partial charge is 0.273 e. The lowest BCUT2D eigenvalue weighted by molar-refractivity contribution is 0.0938. The van der Waals surface area contributed by atoms with Crippen molar-refractivity contribution >= 4 is 5.91 Å². The number of aliphatic hydroxyl groups is 1. The summed E-state index contributed by atoms with van der Waals surface area (Å²) in [4.78, 5) is 16.7. The van der Waals surface area contributed by atoms with Gasteiger partial charge in [0.1, 0.15) is 12.3 Å². The molecule has 0 fully saturated rings. The standard InChI is InChI=1S/C19H17N3O3/c20-15(9-23)19-21-16(10-25-19)18(24)22-17-13-7-3-1-5-11(13)12-6-2-4-8-14(12)17/h1-8,10,15,17,23H,9,20H2,(H,22,24). The van der Waals surface area contributed by atoms with Gasteiger partial charge in [0.25, 0.3) is 5.91 Å². The maximum absolute atomic E-state index is 12.6. The van der Waals surface area contributed by atoms with E-state index in [-0.39, 0.29) is 30.1 Å². The Labute approximate surface area is 144 Å². The maximum Gasteiger partial charge on any atom is 0.273 e. The molecule has 0 spiro atoms. The van der Waals surface area contributed by atoms with Gasteiger partial charge in [0, 0.05) is 0 Å². The van der Waals surface area contributed by atoms with Crippen LogP contribution < -0.4 is 11.1 Å². The van der Waals surface area contributed by atoms with Crippen molar-refractivity contribution in [1.82, 2.24) is 10.3 Å². The molecule has 126 valence electrons. The van der Waals surface area contributed by atoms with E-state index in [1.807, 2.05) is 36.4 Å². The van der Waals surface area contributed by atoms with Gasteiger partial charge in [0.15, 0.2) is 5.69 Å². The molecule has 0 saturated carbocycles. The number of hydrogen-bond acceptors (Lipinski definition) is 5. The number of oxazole rings is 1. The van der Waals surface area contributed by atoms with Gasteiger partial charge in [-0.25, -0.2) is 4.98 Å². The summed E-state index contributed by atoms with van der Waals surface area (Å²) in [6, 6.07) is 15.0. The third kappa shape index (κ3) is 2.61. The molecule has 0 bridgehead atoms. The van der Waals surface area contributed by atoms with Crippen molar-refractivity contribution in [2.75, 3.05) is 6.61 Å². The van der Waals surface area contributed by atoms with Crippen molar-refractivity contribution in [3.8, 4) is 11.1 Å². The highest BCUT2D eigenvalue weighted by Crippen LogP contribution is 2.43. The van der Waals surface area contributed by atoms with E-state index in [1.165, 1.54) is 6.26 Å². The van der Waals surface area contributed by atoms with Crippen LogP contribution in [0.1, 0.15) is 39.6 Å². The summed E-state index contributed by atoms with van der Waals surface area (Å²) in [6.45, 7) is -0.301. The molecule has 0 aliphatic heterocycles. The van der Waals surface area contributed by atoms with Gasteiger partial charge >= 0.3 is 0 Å². The molecule has 4 rings (SSSR count). The van der Waals surface area contributed by atoms with Crippen molar-refractivity contribution in [3.05, 3.63) is 77.5 Å². The summed E-state index contributed by atoms with van der Waals surface area (Å²) in [5.74, 6) is -0.212. The number of nitrogens with zero attached hydrogens (tertiary/aromatic N) is 1. The zero-order valence-electron chi connectivity index (χ0n) is 13.3. The number of fused-ring (bicyclic) bond motifs is 3. The van der Waals surface area contributed by atoms with Crippen LogP contribution in [0.25, 0.3) is 11.1 Å². The van der Waals surface area contributed by atoms with Crippen LogP contribution in [-0.4, -0.2) is 22.6 Å². The Morgan fingerprint density at radius 2 is 1.76 bits per heavy atom. The molecule has 6 heteroatoms. The third-order valence-corrected chi connectivity index (χ3v) is 4.38. The number of amides is 1. The lowest BCUT2D eigenvalue weighted by Crippen LogP contribution is -2.28. The summed E-state index contributed by atoms with van der Waals surface area (Å²) in [5, 5.41) is 12.1. The van der Waals surface area contributed by atoms with E-state index >= 15 is 0 Å². The molecule has 1 heterocycles. The van der Waals surface area contributed by atoms with E-state index in [0.717, 1.165) is 22.3 Å². The van der Waals surface area contributed by atoms with Gasteiger partial charge in [-0.05, 0) is 22.3 Å². The van der Waals surface area contributed by atoms with Crippen LogP contribution >= 0.6 is 0 Å². The zero-order valence-corrected chi connectivity index (χ0v) is 13.3. The number of nitrogens with two attached hydrogens (primary N) is 1. The van der Waals surface area contributed by atoms with Crippen molar-refractivity contribution in [3.63, 3.8) is 0 Å². The number of hydrogen-bond donors (Lipinski definition) is 3. The van der Waals surface area contributed by atoms with E-state index in [2.05, 4.69) is 22.4 Å². The first-order valence-electron chi connectivity index (χ1n) is 8.00. The minimum Gasteiger partial charge on any atom is -0.446 e. The Hall–Kier alpha value is -2.96. The Bertz CT molecular complexity index is 889. The lowest BCUT2D eigenvalue weighted by atomic mass is 10.1. The molecule has 25 heavy (non-hydrogen) atoms. The van der Waals surface area contributed by atoms with Crippen LogP contribution in [0.4, 0.5) is 0 Å². The largest absolute Gasteiger partial charge is 0.446 e. The van der Waals surface area contributed by atoms with Gasteiger partial charge in [0.05, 0.1) is 12.6 Å². The summed E-state index contributed by atoms with van der Waals surface area (Å²) >= 11 is 0. The van der Waals surface area contributed by atoms with Gasteiger partial charge in [0.2, 0.25) is 5.89 Å². The molecule has 1 aliphatic carbocycles. The molecule has 1 unspecified atom stereocenters. The number of aliphatic hydroxyl groups excluding tert-OH is 1. The highest BCUT2D eigenvalue weighted by molar-refractivity contribution is 5.93. The number of carbonyl (C=O) groups is 1. The first-order valence-corrected chi connectivity index (χ1v) is 8.00.